The summed E-state index contributed by atoms with van der Waals surface area (Å²) in [5.41, 5.74) is 5.47. The smallest absolute Gasteiger partial charge is 0.305 e. The van der Waals surface area contributed by atoms with E-state index in [9.17, 15) is 14.4 Å². The van der Waals surface area contributed by atoms with Crippen LogP contribution in [0.2, 0.25) is 0 Å². The monoisotopic (exact) mass is 451 g/mol. The van der Waals surface area contributed by atoms with E-state index in [4.69, 9.17) is 9.15 Å². The number of carbonyl (C=O) groups excluding carboxylic acids is 3. The van der Waals surface area contributed by atoms with Crippen molar-refractivity contribution in [2.75, 3.05) is 17.2 Å². The van der Waals surface area contributed by atoms with E-state index in [0.717, 1.165) is 10.6 Å². The molecule has 0 atom stereocenters. The van der Waals surface area contributed by atoms with E-state index in [2.05, 4.69) is 10.9 Å². The number of amides is 3. The predicted molar refractivity (Wildman–Crippen MR) is 119 cm³/mol. The van der Waals surface area contributed by atoms with Crippen LogP contribution in [0.3, 0.4) is 0 Å². The molecular weight excluding hydrogens is 430 g/mol. The molecule has 0 bridgehead atoms. The standard InChI is InChI=1S/C23H21N3O5S/c27-21(12-13-26-18-8-4-5-9-20(18)32-15-22(26)28)24-25-23(29)19-11-10-17(31-19)14-30-16-6-2-1-3-7-16/h1-11H,12-15H2,(H,24,27)(H,25,29). The Morgan fingerprint density at radius 3 is 2.62 bits per heavy atom. The summed E-state index contributed by atoms with van der Waals surface area (Å²) in [5, 5.41) is 0. The average molecular weight is 452 g/mol. The maximum atomic E-state index is 12.2. The van der Waals surface area contributed by atoms with Crippen LogP contribution in [0.4, 0.5) is 5.69 Å². The number of fused-ring (bicyclic) bond motifs is 1. The Labute approximate surface area is 188 Å². The van der Waals surface area contributed by atoms with Crippen LogP contribution in [0.1, 0.15) is 22.7 Å². The Balaban J connectivity index is 1.24. The maximum absolute atomic E-state index is 12.2. The molecule has 2 aromatic carbocycles. The zero-order chi connectivity index (χ0) is 22.3. The molecule has 0 radical (unpaired) electrons. The highest BCUT2D eigenvalue weighted by atomic mass is 32.2. The van der Waals surface area contributed by atoms with Crippen molar-refractivity contribution >= 4 is 35.2 Å². The first-order valence-corrected chi connectivity index (χ1v) is 11.0. The summed E-state index contributed by atoms with van der Waals surface area (Å²) in [6.07, 6.45) is 0.0410. The third-order valence-corrected chi connectivity index (χ3v) is 5.74. The lowest BCUT2D eigenvalue weighted by Crippen LogP contribution is -2.44. The van der Waals surface area contributed by atoms with Crippen LogP contribution in [-0.2, 0) is 16.2 Å². The van der Waals surface area contributed by atoms with Crippen molar-refractivity contribution in [2.24, 2.45) is 0 Å². The molecule has 0 unspecified atom stereocenters. The van der Waals surface area contributed by atoms with Crippen molar-refractivity contribution in [3.05, 3.63) is 78.3 Å². The zero-order valence-electron chi connectivity index (χ0n) is 17.1. The van der Waals surface area contributed by atoms with Crippen molar-refractivity contribution in [1.29, 1.82) is 0 Å². The van der Waals surface area contributed by atoms with Crippen molar-refractivity contribution in [3.63, 3.8) is 0 Å². The summed E-state index contributed by atoms with van der Waals surface area (Å²) in [6.45, 7) is 0.396. The summed E-state index contributed by atoms with van der Waals surface area (Å²) in [7, 11) is 0. The van der Waals surface area contributed by atoms with Crippen LogP contribution < -0.4 is 20.5 Å². The number of hydrogen-bond acceptors (Lipinski definition) is 6. The van der Waals surface area contributed by atoms with E-state index in [1.807, 2.05) is 54.6 Å². The molecule has 0 saturated heterocycles. The van der Waals surface area contributed by atoms with Crippen LogP contribution in [0.25, 0.3) is 0 Å². The fraction of sp³-hybridized carbons (Fsp3) is 0.174. The molecular formula is C23H21N3O5S. The molecule has 8 nitrogen and oxygen atoms in total. The molecule has 9 heteroatoms. The Hall–Kier alpha value is -3.72. The number of hydrogen-bond donors (Lipinski definition) is 2. The van der Waals surface area contributed by atoms with Crippen molar-refractivity contribution in [3.8, 4) is 5.75 Å². The quantitative estimate of drug-likeness (QED) is 0.535. The number of nitrogens with one attached hydrogen (secondary N) is 2. The molecule has 0 spiro atoms. The number of carbonyl (C=O) groups is 3. The second kappa shape index (κ2) is 10.1. The molecule has 2 N–H and O–H groups in total. The molecule has 1 aromatic heterocycles. The van der Waals surface area contributed by atoms with E-state index in [1.165, 1.54) is 17.8 Å². The van der Waals surface area contributed by atoms with Gasteiger partial charge in [0, 0.05) is 17.9 Å². The SMILES string of the molecule is O=C(CCN1C(=O)CSc2ccccc21)NNC(=O)c1ccc(COc2ccccc2)o1. The molecule has 1 aliphatic rings. The first-order valence-electron chi connectivity index (χ1n) is 9.98. The maximum Gasteiger partial charge on any atom is 0.305 e. The van der Waals surface area contributed by atoms with Gasteiger partial charge in [0.25, 0.3) is 0 Å². The van der Waals surface area contributed by atoms with E-state index in [1.54, 1.807) is 11.0 Å². The first kappa shape index (κ1) is 21.5. The van der Waals surface area contributed by atoms with Crippen LogP contribution in [0.5, 0.6) is 5.75 Å². The van der Waals surface area contributed by atoms with Gasteiger partial charge in [-0.25, -0.2) is 0 Å². The summed E-state index contributed by atoms with van der Waals surface area (Å²) >= 11 is 1.48. The summed E-state index contributed by atoms with van der Waals surface area (Å²) in [5.74, 6) is 0.507. The molecule has 3 amide bonds. The molecule has 4 rings (SSSR count). The van der Waals surface area contributed by atoms with E-state index in [0.29, 0.717) is 17.3 Å². The highest BCUT2D eigenvalue weighted by Gasteiger charge is 2.24. The van der Waals surface area contributed by atoms with Gasteiger partial charge >= 0.3 is 5.91 Å². The number of ether oxygens (including phenoxy) is 1. The lowest BCUT2D eigenvalue weighted by molar-refractivity contribution is -0.121. The summed E-state index contributed by atoms with van der Waals surface area (Å²) in [4.78, 5) is 39.3. The van der Waals surface area contributed by atoms with Gasteiger partial charge in [0.15, 0.2) is 5.76 Å². The second-order valence-corrected chi connectivity index (χ2v) is 7.94. The Morgan fingerprint density at radius 1 is 1.00 bits per heavy atom. The minimum absolute atomic E-state index is 0.0410. The van der Waals surface area contributed by atoms with Crippen LogP contribution in [-0.4, -0.2) is 30.0 Å². The van der Waals surface area contributed by atoms with Gasteiger partial charge in [0.2, 0.25) is 11.8 Å². The molecule has 1 aliphatic heterocycles. The first-order chi connectivity index (χ1) is 15.6. The Bertz CT molecular complexity index is 1120. The van der Waals surface area contributed by atoms with Crippen LogP contribution in [0, 0.1) is 0 Å². The van der Waals surface area contributed by atoms with Crippen LogP contribution >= 0.6 is 11.8 Å². The number of rotatable bonds is 7. The molecule has 0 aliphatic carbocycles. The predicted octanol–water partition coefficient (Wildman–Crippen LogP) is 3.15. The fourth-order valence-corrected chi connectivity index (χ4v) is 4.05. The Kier molecular flexibility index (Phi) is 6.76. The third kappa shape index (κ3) is 5.30. The number of nitrogens with zero attached hydrogens (tertiary/aromatic N) is 1. The number of hydrazine groups is 1. The normalized spacial score (nSPS) is 12.8. The van der Waals surface area contributed by atoms with E-state index >= 15 is 0 Å². The number of para-hydroxylation sites is 2. The van der Waals surface area contributed by atoms with E-state index < -0.39 is 11.8 Å². The highest BCUT2D eigenvalue weighted by molar-refractivity contribution is 8.00. The number of benzene rings is 2. The number of anilines is 1. The summed E-state index contributed by atoms with van der Waals surface area (Å²) in [6, 6.07) is 20.0. The van der Waals surface area contributed by atoms with E-state index in [-0.39, 0.29) is 31.2 Å². The highest BCUT2D eigenvalue weighted by Crippen LogP contribution is 2.34. The summed E-state index contributed by atoms with van der Waals surface area (Å²) < 4.78 is 11.0. The minimum Gasteiger partial charge on any atom is -0.486 e. The molecule has 3 aromatic rings. The van der Waals surface area contributed by atoms with Gasteiger partial charge in [-0.1, -0.05) is 30.3 Å². The number of thioether (sulfide) groups is 1. The van der Waals surface area contributed by atoms with Crippen molar-refractivity contribution < 1.29 is 23.5 Å². The minimum atomic E-state index is -0.583. The van der Waals surface area contributed by atoms with Crippen molar-refractivity contribution in [2.45, 2.75) is 17.9 Å². The van der Waals surface area contributed by atoms with Gasteiger partial charge in [0.1, 0.15) is 18.1 Å². The van der Waals surface area contributed by atoms with Gasteiger partial charge < -0.3 is 14.1 Å². The second-order valence-electron chi connectivity index (χ2n) is 6.92. The number of furan rings is 1. The lowest BCUT2D eigenvalue weighted by Gasteiger charge is -2.28. The zero-order valence-corrected chi connectivity index (χ0v) is 17.9. The van der Waals surface area contributed by atoms with Crippen LogP contribution in [0.15, 0.2) is 76.0 Å². The van der Waals surface area contributed by atoms with Gasteiger partial charge in [-0.2, -0.15) is 0 Å². The topological polar surface area (TPSA) is 101 Å². The third-order valence-electron chi connectivity index (χ3n) is 4.70. The molecule has 0 saturated carbocycles. The van der Waals surface area contributed by atoms with Gasteiger partial charge in [-0.15, -0.1) is 11.8 Å². The largest absolute Gasteiger partial charge is 0.486 e. The molecule has 2 heterocycles. The average Bonchev–Trinajstić information content (AvgIpc) is 3.30. The molecule has 164 valence electrons. The van der Waals surface area contributed by atoms with Gasteiger partial charge in [-0.05, 0) is 36.4 Å². The van der Waals surface area contributed by atoms with Gasteiger partial charge in [0.05, 0.1) is 11.4 Å². The molecule has 0 fully saturated rings. The Morgan fingerprint density at radius 2 is 1.78 bits per heavy atom. The lowest BCUT2D eigenvalue weighted by atomic mass is 10.2. The fourth-order valence-electron chi connectivity index (χ4n) is 3.11. The van der Waals surface area contributed by atoms with Gasteiger partial charge in [-0.3, -0.25) is 25.2 Å². The molecule has 32 heavy (non-hydrogen) atoms. The van der Waals surface area contributed by atoms with Crippen molar-refractivity contribution in [1.82, 2.24) is 10.9 Å².